The summed E-state index contributed by atoms with van der Waals surface area (Å²) in [6, 6.07) is 1.48. The van der Waals surface area contributed by atoms with Crippen molar-refractivity contribution < 1.29 is 14.1 Å². The van der Waals surface area contributed by atoms with Crippen molar-refractivity contribution in [1.82, 2.24) is 20.0 Å². The van der Waals surface area contributed by atoms with Gasteiger partial charge in [-0.15, -0.1) is 0 Å². The zero-order chi connectivity index (χ0) is 13.9. The van der Waals surface area contributed by atoms with Crippen LogP contribution in [0.3, 0.4) is 0 Å². The third-order valence-electron chi connectivity index (χ3n) is 3.52. The molecular weight excluding hydrogens is 260 g/mol. The summed E-state index contributed by atoms with van der Waals surface area (Å²) in [6.07, 6.45) is 5.72. The number of aromatic nitrogens is 3. The normalized spacial score (nSPS) is 17.6. The topological polar surface area (TPSA) is 82.2 Å². The number of methoxy groups -OCH3 is 1. The number of nitrogens with zero attached hydrogens (tertiary/aromatic N) is 3. The molecule has 0 unspecified atom stereocenters. The standard InChI is InChI=1S/C13H16N4O3/c1-19-12-7-10(20-16-12)13(18)15-8-9-2-4-17-5-3-14-11(17)6-9/h3,5,7,9H,2,4,6,8H2,1H3,(H,15,18)/t9-/m1/s1. The maximum Gasteiger partial charge on any atom is 0.290 e. The molecule has 7 heteroatoms. The molecule has 0 bridgehead atoms. The summed E-state index contributed by atoms with van der Waals surface area (Å²) < 4.78 is 11.9. The monoisotopic (exact) mass is 276 g/mol. The Morgan fingerprint density at radius 1 is 1.65 bits per heavy atom. The van der Waals surface area contributed by atoms with Gasteiger partial charge in [-0.2, -0.15) is 0 Å². The molecule has 1 aliphatic rings. The second-order valence-corrected chi connectivity index (χ2v) is 4.84. The number of carbonyl (C=O) groups excluding carboxylic acids is 1. The number of hydrogen-bond acceptors (Lipinski definition) is 5. The molecule has 0 saturated carbocycles. The Morgan fingerprint density at radius 3 is 3.35 bits per heavy atom. The Kier molecular flexibility index (Phi) is 3.41. The highest BCUT2D eigenvalue weighted by Crippen LogP contribution is 2.18. The molecule has 1 aliphatic heterocycles. The summed E-state index contributed by atoms with van der Waals surface area (Å²) in [7, 11) is 1.48. The van der Waals surface area contributed by atoms with Crippen LogP contribution in [0.25, 0.3) is 0 Å². The molecule has 1 atom stereocenters. The van der Waals surface area contributed by atoms with Gasteiger partial charge in [-0.3, -0.25) is 4.79 Å². The fraction of sp³-hybridized carbons (Fsp3) is 0.462. The summed E-state index contributed by atoms with van der Waals surface area (Å²) in [6.45, 7) is 1.56. The number of hydrogen-bond donors (Lipinski definition) is 1. The molecule has 0 spiro atoms. The summed E-state index contributed by atoms with van der Waals surface area (Å²) >= 11 is 0. The molecule has 0 saturated heterocycles. The first-order chi connectivity index (χ1) is 9.76. The van der Waals surface area contributed by atoms with Gasteiger partial charge in [0.1, 0.15) is 5.82 Å². The Bertz CT molecular complexity index is 604. The van der Waals surface area contributed by atoms with Gasteiger partial charge < -0.3 is 19.1 Å². The quantitative estimate of drug-likeness (QED) is 0.896. The average Bonchev–Trinajstić information content (AvgIpc) is 3.12. The molecule has 3 heterocycles. The first kappa shape index (κ1) is 12.7. The fourth-order valence-corrected chi connectivity index (χ4v) is 2.38. The predicted molar refractivity (Wildman–Crippen MR) is 69.4 cm³/mol. The molecular formula is C13H16N4O3. The van der Waals surface area contributed by atoms with E-state index in [1.54, 1.807) is 0 Å². The van der Waals surface area contributed by atoms with Gasteiger partial charge in [0.15, 0.2) is 0 Å². The van der Waals surface area contributed by atoms with Crippen molar-refractivity contribution in [1.29, 1.82) is 0 Å². The Morgan fingerprint density at radius 2 is 2.55 bits per heavy atom. The van der Waals surface area contributed by atoms with E-state index >= 15 is 0 Å². The lowest BCUT2D eigenvalue weighted by atomic mass is 9.98. The van der Waals surface area contributed by atoms with Crippen LogP contribution < -0.4 is 10.1 Å². The van der Waals surface area contributed by atoms with Gasteiger partial charge in [-0.1, -0.05) is 0 Å². The molecule has 0 aromatic carbocycles. The van der Waals surface area contributed by atoms with E-state index in [9.17, 15) is 4.79 Å². The molecule has 20 heavy (non-hydrogen) atoms. The molecule has 1 amide bonds. The second kappa shape index (κ2) is 5.36. The molecule has 2 aromatic rings. The number of aryl methyl sites for hydroxylation is 1. The second-order valence-electron chi connectivity index (χ2n) is 4.84. The van der Waals surface area contributed by atoms with Gasteiger partial charge >= 0.3 is 0 Å². The van der Waals surface area contributed by atoms with Crippen LogP contribution in [-0.4, -0.2) is 34.3 Å². The average molecular weight is 276 g/mol. The van der Waals surface area contributed by atoms with E-state index in [-0.39, 0.29) is 11.7 Å². The van der Waals surface area contributed by atoms with Crippen LogP contribution in [0.1, 0.15) is 22.8 Å². The summed E-state index contributed by atoms with van der Waals surface area (Å²) in [5.74, 6) is 1.68. The van der Waals surface area contributed by atoms with Gasteiger partial charge in [0.05, 0.1) is 13.2 Å². The Balaban J connectivity index is 1.54. The van der Waals surface area contributed by atoms with Crippen LogP contribution >= 0.6 is 0 Å². The lowest BCUT2D eigenvalue weighted by Crippen LogP contribution is -2.33. The minimum atomic E-state index is -0.269. The zero-order valence-electron chi connectivity index (χ0n) is 11.2. The van der Waals surface area contributed by atoms with Crippen LogP contribution in [-0.2, 0) is 13.0 Å². The molecule has 0 aliphatic carbocycles. The molecule has 106 valence electrons. The van der Waals surface area contributed by atoms with Crippen LogP contribution in [0, 0.1) is 5.92 Å². The van der Waals surface area contributed by atoms with Crippen LogP contribution in [0.2, 0.25) is 0 Å². The molecule has 0 radical (unpaired) electrons. The van der Waals surface area contributed by atoms with Gasteiger partial charge in [-0.25, -0.2) is 4.98 Å². The molecule has 7 nitrogen and oxygen atoms in total. The van der Waals surface area contributed by atoms with Crippen LogP contribution in [0.15, 0.2) is 23.0 Å². The number of amides is 1. The minimum Gasteiger partial charge on any atom is -0.479 e. The van der Waals surface area contributed by atoms with Crippen molar-refractivity contribution in [2.45, 2.75) is 19.4 Å². The number of nitrogens with one attached hydrogen (secondary N) is 1. The van der Waals surface area contributed by atoms with Gasteiger partial charge in [0, 0.05) is 31.9 Å². The van der Waals surface area contributed by atoms with Crippen molar-refractivity contribution in [3.63, 3.8) is 0 Å². The van der Waals surface area contributed by atoms with E-state index in [1.165, 1.54) is 13.2 Å². The van der Waals surface area contributed by atoms with Crippen molar-refractivity contribution in [3.05, 3.63) is 30.0 Å². The first-order valence-corrected chi connectivity index (χ1v) is 6.55. The number of ether oxygens (including phenoxy) is 1. The molecule has 2 aromatic heterocycles. The van der Waals surface area contributed by atoms with Crippen molar-refractivity contribution >= 4 is 5.91 Å². The summed E-state index contributed by atoms with van der Waals surface area (Å²) in [4.78, 5) is 16.2. The Labute approximate surface area is 115 Å². The molecule has 3 rings (SSSR count). The van der Waals surface area contributed by atoms with E-state index in [0.717, 1.165) is 25.2 Å². The highest BCUT2D eigenvalue weighted by molar-refractivity contribution is 5.91. The number of fused-ring (bicyclic) bond motifs is 1. The van der Waals surface area contributed by atoms with E-state index < -0.39 is 0 Å². The number of imidazole rings is 1. The number of carbonyl (C=O) groups is 1. The van der Waals surface area contributed by atoms with Gasteiger partial charge in [0.2, 0.25) is 5.76 Å². The largest absolute Gasteiger partial charge is 0.479 e. The van der Waals surface area contributed by atoms with E-state index in [4.69, 9.17) is 9.26 Å². The van der Waals surface area contributed by atoms with E-state index in [1.807, 2.05) is 12.4 Å². The SMILES string of the molecule is COc1cc(C(=O)NC[C@@H]2CCn3ccnc3C2)on1. The first-order valence-electron chi connectivity index (χ1n) is 6.55. The lowest BCUT2D eigenvalue weighted by molar-refractivity contribution is 0.0907. The van der Waals surface area contributed by atoms with Crippen LogP contribution in [0.4, 0.5) is 0 Å². The van der Waals surface area contributed by atoms with Crippen LogP contribution in [0.5, 0.6) is 5.88 Å². The van der Waals surface area contributed by atoms with Crippen molar-refractivity contribution in [3.8, 4) is 5.88 Å². The Hall–Kier alpha value is -2.31. The smallest absolute Gasteiger partial charge is 0.290 e. The zero-order valence-corrected chi connectivity index (χ0v) is 11.2. The maximum absolute atomic E-state index is 11.9. The maximum atomic E-state index is 11.9. The van der Waals surface area contributed by atoms with E-state index in [2.05, 4.69) is 20.0 Å². The summed E-state index contributed by atoms with van der Waals surface area (Å²) in [5, 5.41) is 6.47. The predicted octanol–water partition coefficient (Wildman–Crippen LogP) is 0.872. The van der Waals surface area contributed by atoms with Crippen molar-refractivity contribution in [2.75, 3.05) is 13.7 Å². The fourth-order valence-electron chi connectivity index (χ4n) is 2.38. The highest BCUT2D eigenvalue weighted by atomic mass is 16.5. The molecule has 0 fully saturated rings. The van der Waals surface area contributed by atoms with Gasteiger partial charge in [-0.05, 0) is 17.5 Å². The lowest BCUT2D eigenvalue weighted by Gasteiger charge is -2.23. The third kappa shape index (κ3) is 2.52. The summed E-state index contributed by atoms with van der Waals surface area (Å²) in [5.41, 5.74) is 0. The molecule has 1 N–H and O–H groups in total. The van der Waals surface area contributed by atoms with Crippen molar-refractivity contribution in [2.24, 2.45) is 5.92 Å². The minimum absolute atomic E-state index is 0.166. The van der Waals surface area contributed by atoms with Gasteiger partial charge in [0.25, 0.3) is 11.8 Å². The van der Waals surface area contributed by atoms with E-state index in [0.29, 0.717) is 18.3 Å². The third-order valence-corrected chi connectivity index (χ3v) is 3.52. The highest BCUT2D eigenvalue weighted by Gasteiger charge is 2.21. The number of rotatable bonds is 4.